The second-order valence-electron chi connectivity index (χ2n) is 2.83. The van der Waals surface area contributed by atoms with E-state index in [1.54, 1.807) is 0 Å². The molecule has 0 aliphatic rings. The number of rotatable bonds is 4. The first-order valence-corrected chi connectivity index (χ1v) is 5.80. The highest BCUT2D eigenvalue weighted by Gasteiger charge is 2.06. The highest BCUT2D eigenvalue weighted by atomic mass is 32.2. The fraction of sp³-hybridized carbons (Fsp3) is 0.857. The Bertz CT molecular complexity index is 125. The average Bonchev–Trinajstić information content (AvgIpc) is 1.96. The number of nitrogens with two attached hydrogens (primary N) is 2. The third-order valence-corrected chi connectivity index (χ3v) is 3.49. The van der Waals surface area contributed by atoms with Gasteiger partial charge in [-0.2, -0.15) is 0 Å². The average molecular weight is 208 g/mol. The van der Waals surface area contributed by atoms with Gasteiger partial charge in [-0.3, -0.25) is 4.79 Å². The van der Waals surface area contributed by atoms with Gasteiger partial charge in [0.25, 0.3) is 0 Å². The molecule has 2 unspecified atom stereocenters. The summed E-state index contributed by atoms with van der Waals surface area (Å²) in [4.78, 5) is 11.1. The largest absolute Gasteiger partial charge is 0.327 e. The summed E-state index contributed by atoms with van der Waals surface area (Å²) < 4.78 is 0.115. The van der Waals surface area contributed by atoms with Crippen LogP contribution in [0.25, 0.3) is 0 Å². The number of hydrogen-bond donors (Lipinski definition) is 2. The van der Waals surface area contributed by atoms with Crippen LogP contribution in [0.5, 0.6) is 0 Å². The van der Waals surface area contributed by atoms with Gasteiger partial charge in [-0.25, -0.2) is 0 Å². The maximum absolute atomic E-state index is 11.1. The molecule has 0 bridgehead atoms. The molecule has 0 amide bonds. The topological polar surface area (TPSA) is 69.1 Å². The van der Waals surface area contributed by atoms with E-state index in [2.05, 4.69) is 0 Å². The van der Waals surface area contributed by atoms with Crippen LogP contribution in [0.4, 0.5) is 4.79 Å². The van der Waals surface area contributed by atoms with Crippen LogP contribution in [0.3, 0.4) is 0 Å². The van der Waals surface area contributed by atoms with E-state index in [0.29, 0.717) is 11.5 Å². The standard InChI is InChI=1S/C7H16N2OS2/c1-5(8)3-11-7(10)12-4-6(2)9/h5-6H,3-4,8-9H2,1-2H3. The van der Waals surface area contributed by atoms with E-state index < -0.39 is 0 Å². The molecule has 0 aromatic carbocycles. The molecule has 0 saturated carbocycles. The molecule has 0 aliphatic carbocycles. The Morgan fingerprint density at radius 1 is 1.17 bits per heavy atom. The van der Waals surface area contributed by atoms with E-state index in [1.807, 2.05) is 13.8 Å². The zero-order valence-electron chi connectivity index (χ0n) is 7.45. The molecule has 0 fully saturated rings. The third kappa shape index (κ3) is 8.39. The molecule has 0 saturated heterocycles. The maximum Gasteiger partial charge on any atom is 0.246 e. The summed E-state index contributed by atoms with van der Waals surface area (Å²) in [5.41, 5.74) is 11.0. The van der Waals surface area contributed by atoms with Gasteiger partial charge in [0.15, 0.2) is 0 Å². The van der Waals surface area contributed by atoms with Gasteiger partial charge in [0.2, 0.25) is 4.45 Å². The van der Waals surface area contributed by atoms with Crippen molar-refractivity contribution in [2.75, 3.05) is 11.5 Å². The molecule has 0 aromatic heterocycles. The first-order chi connectivity index (χ1) is 5.52. The second-order valence-corrected chi connectivity index (χ2v) is 5.07. The minimum atomic E-state index is 0.0786. The van der Waals surface area contributed by atoms with Gasteiger partial charge < -0.3 is 11.5 Å². The minimum Gasteiger partial charge on any atom is -0.327 e. The van der Waals surface area contributed by atoms with Crippen LogP contribution >= 0.6 is 23.5 Å². The predicted molar refractivity (Wildman–Crippen MR) is 57.6 cm³/mol. The predicted octanol–water partition coefficient (Wildman–Crippen LogP) is 1.27. The van der Waals surface area contributed by atoms with Crippen molar-refractivity contribution < 1.29 is 4.79 Å². The fourth-order valence-electron chi connectivity index (χ4n) is 0.441. The van der Waals surface area contributed by atoms with Crippen molar-refractivity contribution in [1.82, 2.24) is 0 Å². The van der Waals surface area contributed by atoms with Gasteiger partial charge >= 0.3 is 0 Å². The number of carbonyl (C=O) groups excluding carboxylic acids is 1. The molecule has 3 nitrogen and oxygen atoms in total. The van der Waals surface area contributed by atoms with E-state index in [9.17, 15) is 4.79 Å². The first kappa shape index (κ1) is 12.3. The zero-order valence-corrected chi connectivity index (χ0v) is 9.08. The van der Waals surface area contributed by atoms with Crippen molar-refractivity contribution >= 4 is 28.0 Å². The summed E-state index contributed by atoms with van der Waals surface area (Å²) in [5, 5.41) is 0. The molecule has 2 atom stereocenters. The Morgan fingerprint density at radius 3 is 1.75 bits per heavy atom. The number of carbonyl (C=O) groups is 1. The molecule has 12 heavy (non-hydrogen) atoms. The van der Waals surface area contributed by atoms with Gasteiger partial charge in [-0.1, -0.05) is 23.5 Å². The van der Waals surface area contributed by atoms with Crippen LogP contribution < -0.4 is 11.5 Å². The first-order valence-electron chi connectivity index (χ1n) is 3.83. The van der Waals surface area contributed by atoms with E-state index >= 15 is 0 Å². The Morgan fingerprint density at radius 2 is 1.50 bits per heavy atom. The van der Waals surface area contributed by atoms with Crippen molar-refractivity contribution in [1.29, 1.82) is 0 Å². The molecule has 0 radical (unpaired) electrons. The fourth-order valence-corrected chi connectivity index (χ4v) is 1.98. The van der Waals surface area contributed by atoms with Gasteiger partial charge in [-0.05, 0) is 13.8 Å². The lowest BCUT2D eigenvalue weighted by Crippen LogP contribution is -2.19. The lowest BCUT2D eigenvalue weighted by molar-refractivity contribution is 0.276. The number of hydrogen-bond acceptors (Lipinski definition) is 5. The molecule has 0 spiro atoms. The van der Waals surface area contributed by atoms with Gasteiger partial charge in [0.1, 0.15) is 0 Å². The molecule has 0 rings (SSSR count). The molecule has 0 aromatic rings. The van der Waals surface area contributed by atoms with E-state index in [4.69, 9.17) is 11.5 Å². The molecule has 0 heterocycles. The van der Waals surface area contributed by atoms with Crippen LogP contribution in [0, 0.1) is 0 Å². The second kappa shape index (κ2) is 6.77. The van der Waals surface area contributed by atoms with Crippen LogP contribution in [0.1, 0.15) is 13.8 Å². The third-order valence-electron chi connectivity index (χ3n) is 0.928. The van der Waals surface area contributed by atoms with Crippen molar-refractivity contribution in [3.8, 4) is 0 Å². The van der Waals surface area contributed by atoms with Gasteiger partial charge in [0.05, 0.1) is 0 Å². The maximum atomic E-state index is 11.1. The van der Waals surface area contributed by atoms with E-state index in [1.165, 1.54) is 23.5 Å². The SMILES string of the molecule is CC(N)CSC(=O)SCC(C)N. The number of thioether (sulfide) groups is 2. The normalized spacial score (nSPS) is 15.7. The quantitative estimate of drug-likeness (QED) is 0.728. The summed E-state index contributed by atoms with van der Waals surface area (Å²) in [5.74, 6) is 1.37. The van der Waals surface area contributed by atoms with Crippen molar-refractivity contribution in [3.63, 3.8) is 0 Å². The summed E-state index contributed by atoms with van der Waals surface area (Å²) >= 11 is 2.54. The molecular weight excluding hydrogens is 192 g/mol. The molecule has 72 valence electrons. The Balaban J connectivity index is 3.34. The minimum absolute atomic E-state index is 0.0786. The molecule has 5 heteroatoms. The van der Waals surface area contributed by atoms with Crippen LogP contribution in [0.15, 0.2) is 0 Å². The van der Waals surface area contributed by atoms with Crippen LogP contribution in [-0.4, -0.2) is 28.0 Å². The monoisotopic (exact) mass is 208 g/mol. The summed E-state index contributed by atoms with van der Waals surface area (Å²) in [6.07, 6.45) is 0. The van der Waals surface area contributed by atoms with Crippen LogP contribution in [-0.2, 0) is 0 Å². The Labute approximate surface area is 82.0 Å². The van der Waals surface area contributed by atoms with E-state index in [0.717, 1.165) is 0 Å². The molecule has 4 N–H and O–H groups in total. The molecular formula is C7H16N2OS2. The summed E-state index contributed by atoms with van der Waals surface area (Å²) in [6.45, 7) is 3.77. The smallest absolute Gasteiger partial charge is 0.246 e. The highest BCUT2D eigenvalue weighted by Crippen LogP contribution is 2.17. The summed E-state index contributed by atoms with van der Waals surface area (Å²) in [7, 11) is 0. The van der Waals surface area contributed by atoms with Crippen LogP contribution in [0.2, 0.25) is 0 Å². The lowest BCUT2D eigenvalue weighted by Gasteiger charge is -2.04. The Kier molecular flexibility index (Phi) is 6.93. The van der Waals surface area contributed by atoms with Gasteiger partial charge in [0, 0.05) is 23.6 Å². The van der Waals surface area contributed by atoms with Gasteiger partial charge in [-0.15, -0.1) is 0 Å². The summed E-state index contributed by atoms with van der Waals surface area (Å²) in [6, 6.07) is 0.157. The zero-order chi connectivity index (χ0) is 9.56. The van der Waals surface area contributed by atoms with Crippen molar-refractivity contribution in [2.45, 2.75) is 25.9 Å². The molecule has 0 aliphatic heterocycles. The van der Waals surface area contributed by atoms with E-state index in [-0.39, 0.29) is 16.5 Å². The van der Waals surface area contributed by atoms with Crippen molar-refractivity contribution in [2.24, 2.45) is 11.5 Å². The Hall–Kier alpha value is 0.290. The highest BCUT2D eigenvalue weighted by molar-refractivity contribution is 8.38. The lowest BCUT2D eigenvalue weighted by atomic mass is 10.4. The van der Waals surface area contributed by atoms with Crippen molar-refractivity contribution in [3.05, 3.63) is 0 Å².